The van der Waals surface area contributed by atoms with Gasteiger partial charge >= 0.3 is 5.97 Å². The second-order valence-corrected chi connectivity index (χ2v) is 4.71. The highest BCUT2D eigenvalue weighted by Crippen LogP contribution is 2.03. The fraction of sp³-hybridized carbons (Fsp3) is 0.846. The smallest absolute Gasteiger partial charge is 0.306 e. The van der Waals surface area contributed by atoms with Crippen molar-refractivity contribution in [1.82, 2.24) is 15.1 Å². The minimum Gasteiger partial charge on any atom is -0.469 e. The van der Waals surface area contributed by atoms with Crippen LogP contribution >= 0.6 is 0 Å². The molecule has 1 heterocycles. The molecule has 1 amide bonds. The van der Waals surface area contributed by atoms with E-state index in [1.807, 2.05) is 6.92 Å². The highest BCUT2D eigenvalue weighted by molar-refractivity contribution is 5.75. The van der Waals surface area contributed by atoms with E-state index < -0.39 is 0 Å². The normalized spacial score (nSPS) is 17.2. The second-order valence-electron chi connectivity index (χ2n) is 4.71. The van der Waals surface area contributed by atoms with Crippen LogP contribution in [0.25, 0.3) is 0 Å². The average molecular weight is 271 g/mol. The molecule has 0 atom stereocenters. The molecule has 6 heteroatoms. The molecule has 0 aromatic heterocycles. The quantitative estimate of drug-likeness (QED) is 0.644. The van der Waals surface area contributed by atoms with Crippen molar-refractivity contribution in [3.05, 3.63) is 0 Å². The van der Waals surface area contributed by atoms with Crippen LogP contribution in [0.2, 0.25) is 0 Å². The zero-order chi connectivity index (χ0) is 14.1. The first-order chi connectivity index (χ1) is 9.15. The standard InChI is InChI=1S/C13H25N3O3/c1-3-14-12(17)4-6-15-8-10-16(11-9-15)7-5-13(18)19-2/h3-11H2,1-2H3,(H,14,17). The van der Waals surface area contributed by atoms with Crippen LogP contribution in [0, 0.1) is 0 Å². The number of methoxy groups -OCH3 is 1. The van der Waals surface area contributed by atoms with E-state index in [2.05, 4.69) is 19.9 Å². The van der Waals surface area contributed by atoms with Gasteiger partial charge in [-0.1, -0.05) is 0 Å². The van der Waals surface area contributed by atoms with E-state index in [4.69, 9.17) is 0 Å². The molecule has 0 saturated carbocycles. The molecule has 0 aromatic carbocycles. The number of carbonyl (C=O) groups excluding carboxylic acids is 2. The van der Waals surface area contributed by atoms with Crippen LogP contribution in [0.4, 0.5) is 0 Å². The maximum atomic E-state index is 11.4. The summed E-state index contributed by atoms with van der Waals surface area (Å²) in [6.45, 7) is 8.02. The topological polar surface area (TPSA) is 61.9 Å². The van der Waals surface area contributed by atoms with Crippen molar-refractivity contribution >= 4 is 11.9 Å². The third-order valence-corrected chi connectivity index (χ3v) is 3.35. The molecule has 0 bridgehead atoms. The first-order valence-corrected chi connectivity index (χ1v) is 6.94. The number of esters is 1. The van der Waals surface area contributed by atoms with Crippen molar-refractivity contribution in [1.29, 1.82) is 0 Å². The third kappa shape index (κ3) is 6.54. The van der Waals surface area contributed by atoms with Gasteiger partial charge in [-0.15, -0.1) is 0 Å². The number of hydrogen-bond acceptors (Lipinski definition) is 5. The summed E-state index contributed by atoms with van der Waals surface area (Å²) in [5, 5.41) is 2.81. The Hall–Kier alpha value is -1.14. The van der Waals surface area contributed by atoms with Crippen LogP contribution in [0.1, 0.15) is 19.8 Å². The fourth-order valence-electron chi connectivity index (χ4n) is 2.13. The lowest BCUT2D eigenvalue weighted by molar-refractivity contribution is -0.141. The molecule has 1 aliphatic rings. The Bertz CT molecular complexity index is 289. The minimum absolute atomic E-state index is 0.121. The molecular formula is C13H25N3O3. The van der Waals surface area contributed by atoms with Gasteiger partial charge in [0.25, 0.3) is 0 Å². The molecule has 1 fully saturated rings. The number of nitrogens with zero attached hydrogens (tertiary/aromatic N) is 2. The fourth-order valence-corrected chi connectivity index (χ4v) is 2.13. The maximum absolute atomic E-state index is 11.4. The van der Waals surface area contributed by atoms with E-state index in [1.165, 1.54) is 7.11 Å². The Kier molecular flexibility index (Phi) is 7.43. The number of carbonyl (C=O) groups is 2. The number of nitrogens with one attached hydrogen (secondary N) is 1. The van der Waals surface area contributed by atoms with Crippen LogP contribution in [0.5, 0.6) is 0 Å². The zero-order valence-electron chi connectivity index (χ0n) is 12.0. The molecule has 0 spiro atoms. The van der Waals surface area contributed by atoms with Crippen LogP contribution < -0.4 is 5.32 Å². The van der Waals surface area contributed by atoms with Crippen LogP contribution in [-0.2, 0) is 14.3 Å². The van der Waals surface area contributed by atoms with E-state index in [1.54, 1.807) is 0 Å². The lowest BCUT2D eigenvalue weighted by atomic mass is 10.2. The summed E-state index contributed by atoms with van der Waals surface area (Å²) in [5.41, 5.74) is 0. The first kappa shape index (κ1) is 15.9. The molecule has 19 heavy (non-hydrogen) atoms. The molecule has 6 nitrogen and oxygen atoms in total. The number of piperazine rings is 1. The van der Waals surface area contributed by atoms with Crippen LogP contribution in [-0.4, -0.2) is 74.6 Å². The van der Waals surface area contributed by atoms with E-state index in [-0.39, 0.29) is 11.9 Å². The summed E-state index contributed by atoms with van der Waals surface area (Å²) in [4.78, 5) is 27.0. The maximum Gasteiger partial charge on any atom is 0.306 e. The zero-order valence-corrected chi connectivity index (χ0v) is 12.0. The van der Waals surface area contributed by atoms with Crippen molar-refractivity contribution in [2.24, 2.45) is 0 Å². The Labute approximate surface area is 115 Å². The lowest BCUT2D eigenvalue weighted by Crippen LogP contribution is -2.47. The van der Waals surface area contributed by atoms with Gasteiger partial charge in [-0.3, -0.25) is 9.59 Å². The minimum atomic E-state index is -0.154. The van der Waals surface area contributed by atoms with Gasteiger partial charge < -0.3 is 19.9 Å². The predicted octanol–water partition coefficient (Wildman–Crippen LogP) is -0.307. The Morgan fingerprint density at radius 2 is 1.58 bits per heavy atom. The lowest BCUT2D eigenvalue weighted by Gasteiger charge is -2.34. The van der Waals surface area contributed by atoms with Crippen molar-refractivity contribution in [3.8, 4) is 0 Å². The van der Waals surface area contributed by atoms with Crippen molar-refractivity contribution in [2.75, 3.05) is 52.9 Å². The molecule has 1 rings (SSSR count). The summed E-state index contributed by atoms with van der Waals surface area (Å²) in [6.07, 6.45) is 1.02. The molecule has 110 valence electrons. The van der Waals surface area contributed by atoms with Crippen molar-refractivity contribution < 1.29 is 14.3 Å². The summed E-state index contributed by atoms with van der Waals surface area (Å²) in [5.74, 6) is -0.0331. The predicted molar refractivity (Wildman–Crippen MR) is 72.8 cm³/mol. The number of rotatable bonds is 7. The van der Waals surface area contributed by atoms with Crippen LogP contribution in [0.15, 0.2) is 0 Å². The number of hydrogen-bond donors (Lipinski definition) is 1. The van der Waals surface area contributed by atoms with Crippen LogP contribution in [0.3, 0.4) is 0 Å². The molecule has 0 aromatic rings. The summed E-state index contributed by atoms with van der Waals surface area (Å²) in [6, 6.07) is 0. The molecule has 1 N–H and O–H groups in total. The van der Waals surface area contributed by atoms with Gasteiger partial charge in [-0.25, -0.2) is 0 Å². The highest BCUT2D eigenvalue weighted by Gasteiger charge is 2.17. The first-order valence-electron chi connectivity index (χ1n) is 6.94. The molecule has 0 radical (unpaired) electrons. The largest absolute Gasteiger partial charge is 0.469 e. The molecule has 0 unspecified atom stereocenters. The van der Waals surface area contributed by atoms with E-state index in [0.29, 0.717) is 19.4 Å². The van der Waals surface area contributed by atoms with Gasteiger partial charge in [0, 0.05) is 52.2 Å². The SMILES string of the molecule is CCNC(=O)CCN1CCN(CCC(=O)OC)CC1. The van der Waals surface area contributed by atoms with E-state index >= 15 is 0 Å². The van der Waals surface area contributed by atoms with Gasteiger partial charge in [-0.05, 0) is 6.92 Å². The van der Waals surface area contributed by atoms with E-state index in [0.717, 1.165) is 39.3 Å². The molecule has 1 aliphatic heterocycles. The second kappa shape index (κ2) is 8.87. The van der Waals surface area contributed by atoms with Gasteiger partial charge in [0.05, 0.1) is 13.5 Å². The Morgan fingerprint density at radius 3 is 2.05 bits per heavy atom. The third-order valence-electron chi connectivity index (χ3n) is 3.35. The molecule has 1 saturated heterocycles. The van der Waals surface area contributed by atoms with Gasteiger partial charge in [-0.2, -0.15) is 0 Å². The van der Waals surface area contributed by atoms with Crippen molar-refractivity contribution in [3.63, 3.8) is 0 Å². The summed E-state index contributed by atoms with van der Waals surface area (Å²) >= 11 is 0. The summed E-state index contributed by atoms with van der Waals surface area (Å²) < 4.78 is 4.63. The average Bonchev–Trinajstić information content (AvgIpc) is 2.44. The van der Waals surface area contributed by atoms with Gasteiger partial charge in [0.1, 0.15) is 0 Å². The molecular weight excluding hydrogens is 246 g/mol. The number of amides is 1. The van der Waals surface area contributed by atoms with E-state index in [9.17, 15) is 9.59 Å². The van der Waals surface area contributed by atoms with Gasteiger partial charge in [0.2, 0.25) is 5.91 Å². The molecule has 0 aliphatic carbocycles. The summed E-state index contributed by atoms with van der Waals surface area (Å²) in [7, 11) is 1.42. The highest BCUT2D eigenvalue weighted by atomic mass is 16.5. The monoisotopic (exact) mass is 271 g/mol. The number of ether oxygens (including phenoxy) is 1. The Balaban J connectivity index is 2.11. The van der Waals surface area contributed by atoms with Crippen molar-refractivity contribution in [2.45, 2.75) is 19.8 Å². The van der Waals surface area contributed by atoms with Gasteiger partial charge in [0.15, 0.2) is 0 Å². The Morgan fingerprint density at radius 1 is 1.05 bits per heavy atom.